The predicted molar refractivity (Wildman–Crippen MR) is 105 cm³/mol. The Labute approximate surface area is 168 Å². The number of hydrogen-bond acceptors (Lipinski definition) is 7. The van der Waals surface area contributed by atoms with E-state index in [4.69, 9.17) is 11.5 Å². The second-order valence-electron chi connectivity index (χ2n) is 7.29. The Balaban J connectivity index is 1.54. The molecule has 160 valence electrons. The van der Waals surface area contributed by atoms with E-state index in [2.05, 4.69) is 20.2 Å². The van der Waals surface area contributed by atoms with E-state index in [0.29, 0.717) is 45.6 Å². The molecule has 3 heterocycles. The Kier molecular flexibility index (Phi) is 6.39. The van der Waals surface area contributed by atoms with Crippen molar-refractivity contribution in [2.45, 2.75) is 25.3 Å². The van der Waals surface area contributed by atoms with Crippen molar-refractivity contribution in [3.05, 3.63) is 0 Å². The molecule has 2 atom stereocenters. The number of piperazine rings is 1. The fraction of sp³-hybridized carbons (Fsp3) is 0.706. The average molecular weight is 408 g/mol. The van der Waals surface area contributed by atoms with E-state index in [1.807, 2.05) is 0 Å². The topological polar surface area (TPSA) is 170 Å². The van der Waals surface area contributed by atoms with Gasteiger partial charge in [0, 0.05) is 45.8 Å². The summed E-state index contributed by atoms with van der Waals surface area (Å²) in [5.41, 5.74) is 10.5. The minimum Gasteiger partial charge on any atom is -0.480 e. The lowest BCUT2D eigenvalue weighted by molar-refractivity contribution is -0.167. The van der Waals surface area contributed by atoms with Gasteiger partial charge in [-0.15, -0.1) is 0 Å². The molecule has 6 N–H and O–H groups in total. The monoisotopic (exact) mass is 408 g/mol. The van der Waals surface area contributed by atoms with Gasteiger partial charge in [-0.05, 0) is 19.3 Å². The molecule has 3 aliphatic heterocycles. The van der Waals surface area contributed by atoms with Crippen LogP contribution in [-0.2, 0) is 9.59 Å². The van der Waals surface area contributed by atoms with Gasteiger partial charge in [-0.3, -0.25) is 14.8 Å². The van der Waals surface area contributed by atoms with Crippen LogP contribution in [0.5, 0.6) is 0 Å². The number of carboxylic acid groups (broad SMARTS) is 1. The number of imide groups is 1. The fourth-order valence-corrected chi connectivity index (χ4v) is 3.84. The summed E-state index contributed by atoms with van der Waals surface area (Å²) in [7, 11) is 0. The third-order valence-corrected chi connectivity index (χ3v) is 5.37. The molecular formula is C17H28N8O4. The molecule has 0 radical (unpaired) electrons. The van der Waals surface area contributed by atoms with Crippen LogP contribution in [0.4, 0.5) is 4.79 Å². The maximum Gasteiger partial charge on any atom is 0.327 e. The summed E-state index contributed by atoms with van der Waals surface area (Å²) < 4.78 is 0. The van der Waals surface area contributed by atoms with Crippen LogP contribution >= 0.6 is 0 Å². The van der Waals surface area contributed by atoms with Gasteiger partial charge in [0.1, 0.15) is 0 Å². The van der Waals surface area contributed by atoms with E-state index in [0.717, 1.165) is 30.4 Å². The van der Waals surface area contributed by atoms with Crippen LogP contribution in [-0.4, -0.2) is 101 Å². The molecule has 3 rings (SSSR count). The van der Waals surface area contributed by atoms with E-state index in [-0.39, 0.29) is 5.96 Å². The van der Waals surface area contributed by atoms with Crippen molar-refractivity contribution in [3.63, 3.8) is 0 Å². The second-order valence-corrected chi connectivity index (χ2v) is 7.29. The third kappa shape index (κ3) is 4.51. The second kappa shape index (κ2) is 8.97. The van der Waals surface area contributed by atoms with Crippen molar-refractivity contribution in [2.24, 2.45) is 27.4 Å². The Morgan fingerprint density at radius 1 is 1.24 bits per heavy atom. The highest BCUT2D eigenvalue weighted by Gasteiger charge is 2.55. The number of β-lactam (4-membered cyclic amide) rings is 1. The molecule has 1 unspecified atom stereocenters. The van der Waals surface area contributed by atoms with Gasteiger partial charge in [0.2, 0.25) is 5.91 Å². The van der Waals surface area contributed by atoms with E-state index < -0.39 is 29.9 Å². The summed E-state index contributed by atoms with van der Waals surface area (Å²) in [4.78, 5) is 49.7. The van der Waals surface area contributed by atoms with Crippen LogP contribution < -0.4 is 16.8 Å². The molecule has 12 nitrogen and oxygen atoms in total. The molecule has 12 heteroatoms. The molecule has 0 saturated carbocycles. The van der Waals surface area contributed by atoms with Crippen molar-refractivity contribution >= 4 is 29.8 Å². The minimum absolute atomic E-state index is 0.0509. The molecule has 2 fully saturated rings. The number of carbonyl (C=O) groups is 3. The number of nitrogens with two attached hydrogens (primary N) is 2. The number of rotatable bonds is 5. The molecule has 0 aromatic heterocycles. The number of aliphatic carboxylic acids is 1. The van der Waals surface area contributed by atoms with Crippen LogP contribution in [0.3, 0.4) is 0 Å². The predicted octanol–water partition coefficient (Wildman–Crippen LogP) is -1.96. The van der Waals surface area contributed by atoms with Crippen molar-refractivity contribution in [1.82, 2.24) is 20.0 Å². The first-order chi connectivity index (χ1) is 13.9. The third-order valence-electron chi connectivity index (χ3n) is 5.37. The van der Waals surface area contributed by atoms with Crippen LogP contribution in [0.2, 0.25) is 0 Å². The number of carboxylic acids is 1. The number of nitrogens with one attached hydrogen (secondary N) is 1. The maximum atomic E-state index is 12.8. The summed E-state index contributed by atoms with van der Waals surface area (Å²) >= 11 is 0. The zero-order chi connectivity index (χ0) is 21.0. The summed E-state index contributed by atoms with van der Waals surface area (Å²) in [5, 5.41) is 12.8. The van der Waals surface area contributed by atoms with Gasteiger partial charge in [-0.25, -0.2) is 14.5 Å². The average Bonchev–Trinajstić information content (AvgIpc) is 2.71. The first-order valence-corrected chi connectivity index (χ1v) is 9.83. The number of amides is 3. The van der Waals surface area contributed by atoms with Crippen molar-refractivity contribution in [2.75, 3.05) is 45.8 Å². The Morgan fingerprint density at radius 3 is 2.55 bits per heavy atom. The fourth-order valence-electron chi connectivity index (χ4n) is 3.84. The maximum absolute atomic E-state index is 12.8. The van der Waals surface area contributed by atoms with E-state index in [9.17, 15) is 19.5 Å². The SMILES string of the molecule is NC(N)=NCCC[C@H]1C(=O)N(C(=O)N2CCN(C3=NCCCN3)CC2)C1C(=O)O. The normalized spacial score (nSPS) is 24.3. The number of guanidine groups is 2. The van der Waals surface area contributed by atoms with Crippen LogP contribution in [0.25, 0.3) is 0 Å². The summed E-state index contributed by atoms with van der Waals surface area (Å²) in [6.07, 6.45) is 1.78. The number of aliphatic imine (C=N–C) groups is 2. The molecular weight excluding hydrogens is 380 g/mol. The van der Waals surface area contributed by atoms with Crippen LogP contribution in [0, 0.1) is 5.92 Å². The highest BCUT2D eigenvalue weighted by molar-refractivity contribution is 6.07. The molecule has 0 bridgehead atoms. The number of carbonyl (C=O) groups excluding carboxylic acids is 2. The first-order valence-electron chi connectivity index (χ1n) is 9.83. The van der Waals surface area contributed by atoms with Crippen LogP contribution in [0.15, 0.2) is 9.98 Å². The Bertz CT molecular complexity index is 712. The van der Waals surface area contributed by atoms with Crippen LogP contribution in [0.1, 0.15) is 19.3 Å². The van der Waals surface area contributed by atoms with Crippen molar-refractivity contribution in [1.29, 1.82) is 0 Å². The van der Waals surface area contributed by atoms with Gasteiger partial charge in [-0.1, -0.05) is 0 Å². The van der Waals surface area contributed by atoms with Gasteiger partial charge >= 0.3 is 12.0 Å². The molecule has 29 heavy (non-hydrogen) atoms. The van der Waals surface area contributed by atoms with Gasteiger partial charge < -0.3 is 31.7 Å². The highest BCUT2D eigenvalue weighted by atomic mass is 16.4. The lowest BCUT2D eigenvalue weighted by Gasteiger charge is -2.46. The van der Waals surface area contributed by atoms with Gasteiger partial charge in [0.05, 0.1) is 5.92 Å². The quantitative estimate of drug-likeness (QED) is 0.176. The lowest BCUT2D eigenvalue weighted by atomic mass is 9.84. The lowest BCUT2D eigenvalue weighted by Crippen LogP contribution is -2.69. The summed E-state index contributed by atoms with van der Waals surface area (Å²) in [6.45, 7) is 3.96. The molecule has 0 spiro atoms. The zero-order valence-electron chi connectivity index (χ0n) is 16.3. The molecule has 0 aromatic carbocycles. The summed E-state index contributed by atoms with van der Waals surface area (Å²) in [5.74, 6) is -1.57. The Morgan fingerprint density at radius 2 is 1.97 bits per heavy atom. The molecule has 3 aliphatic rings. The standard InChI is InChI=1S/C17H28N8O4/c18-15(19)20-4-1-3-11-12(14(27)28)25(13(11)26)17(29)24-9-7-23(8-10-24)16-21-5-2-6-22-16/h11-12H,1-10H2,(H,21,22)(H,27,28)(H4,18,19,20)/t11-,12?/m1/s1. The molecule has 3 amide bonds. The Hall–Kier alpha value is -3.05. The number of nitrogens with zero attached hydrogens (tertiary/aromatic N) is 5. The number of hydrogen-bond donors (Lipinski definition) is 4. The highest BCUT2D eigenvalue weighted by Crippen LogP contribution is 2.32. The van der Waals surface area contributed by atoms with Gasteiger partial charge in [0.25, 0.3) is 0 Å². The largest absolute Gasteiger partial charge is 0.480 e. The number of urea groups is 1. The zero-order valence-corrected chi connectivity index (χ0v) is 16.3. The van der Waals surface area contributed by atoms with Crippen molar-refractivity contribution in [3.8, 4) is 0 Å². The first kappa shape index (κ1) is 20.7. The van der Waals surface area contributed by atoms with E-state index in [1.54, 1.807) is 0 Å². The number of likely N-dealkylation sites (tertiary alicyclic amines) is 1. The molecule has 0 aliphatic carbocycles. The van der Waals surface area contributed by atoms with Crippen molar-refractivity contribution < 1.29 is 19.5 Å². The summed E-state index contributed by atoms with van der Waals surface area (Å²) in [6, 6.07) is -1.68. The molecule has 0 aromatic rings. The van der Waals surface area contributed by atoms with Gasteiger partial charge in [0.15, 0.2) is 18.0 Å². The molecule has 2 saturated heterocycles. The smallest absolute Gasteiger partial charge is 0.327 e. The van der Waals surface area contributed by atoms with E-state index >= 15 is 0 Å². The van der Waals surface area contributed by atoms with Gasteiger partial charge in [-0.2, -0.15) is 0 Å². The van der Waals surface area contributed by atoms with E-state index in [1.165, 1.54) is 4.90 Å². The minimum atomic E-state index is -1.18.